The molecule has 0 saturated heterocycles. The lowest BCUT2D eigenvalue weighted by Crippen LogP contribution is -2.25. The Balaban J connectivity index is 1.66. The fraction of sp³-hybridized carbons (Fsp3) is 0.235. The molecular formula is C17H18N2O2. The minimum Gasteiger partial charge on any atom is -0.482 e. The largest absolute Gasteiger partial charge is 0.482 e. The number of hydrogen-bond acceptors (Lipinski definition) is 3. The molecule has 1 aliphatic rings. The maximum Gasteiger partial charge on any atom is 0.262 e. The van der Waals surface area contributed by atoms with Crippen molar-refractivity contribution in [2.75, 3.05) is 17.2 Å². The summed E-state index contributed by atoms with van der Waals surface area (Å²) in [5.41, 5.74) is 4.28. The first-order valence-electron chi connectivity index (χ1n) is 7.13. The molecule has 4 nitrogen and oxygen atoms in total. The van der Waals surface area contributed by atoms with Gasteiger partial charge in [-0.15, -0.1) is 0 Å². The molecule has 0 saturated carbocycles. The molecule has 2 N–H and O–H groups in total. The molecule has 0 aliphatic carbocycles. The SMILES string of the molecule is CCc1ccc(CNc2ccc3c(c2)OCC(=O)N3)cc1. The van der Waals surface area contributed by atoms with Crippen LogP contribution in [-0.4, -0.2) is 12.5 Å². The van der Waals surface area contributed by atoms with Gasteiger partial charge >= 0.3 is 0 Å². The second-order valence-corrected chi connectivity index (χ2v) is 5.07. The molecule has 4 heteroatoms. The number of carbonyl (C=O) groups excluding carboxylic acids is 1. The van der Waals surface area contributed by atoms with E-state index in [9.17, 15) is 4.79 Å². The first-order chi connectivity index (χ1) is 10.2. The highest BCUT2D eigenvalue weighted by Gasteiger charge is 2.15. The van der Waals surface area contributed by atoms with Gasteiger partial charge in [-0.25, -0.2) is 0 Å². The molecule has 0 unspecified atom stereocenters. The minimum atomic E-state index is -0.112. The standard InChI is InChI=1S/C17H18N2O2/c1-2-12-3-5-13(6-4-12)10-18-14-7-8-15-16(9-14)21-11-17(20)19-15/h3-9,18H,2,10-11H2,1H3,(H,19,20). The summed E-state index contributed by atoms with van der Waals surface area (Å²) in [5.74, 6) is 0.597. The van der Waals surface area contributed by atoms with E-state index >= 15 is 0 Å². The summed E-state index contributed by atoms with van der Waals surface area (Å²) < 4.78 is 5.41. The number of rotatable bonds is 4. The molecule has 0 aromatic heterocycles. The molecule has 2 aromatic carbocycles. The molecule has 2 aromatic rings. The second-order valence-electron chi connectivity index (χ2n) is 5.07. The third kappa shape index (κ3) is 3.16. The second kappa shape index (κ2) is 5.87. The first-order valence-corrected chi connectivity index (χ1v) is 7.13. The topological polar surface area (TPSA) is 50.4 Å². The van der Waals surface area contributed by atoms with Gasteiger partial charge in [0.25, 0.3) is 5.91 Å². The van der Waals surface area contributed by atoms with Crippen molar-refractivity contribution in [3.63, 3.8) is 0 Å². The van der Waals surface area contributed by atoms with E-state index in [1.807, 2.05) is 18.2 Å². The molecule has 108 valence electrons. The number of fused-ring (bicyclic) bond motifs is 1. The predicted octanol–water partition coefficient (Wildman–Crippen LogP) is 3.19. The van der Waals surface area contributed by atoms with Crippen molar-refractivity contribution in [1.82, 2.24) is 0 Å². The van der Waals surface area contributed by atoms with E-state index < -0.39 is 0 Å². The number of amides is 1. The zero-order valence-corrected chi connectivity index (χ0v) is 12.0. The third-order valence-corrected chi connectivity index (χ3v) is 3.54. The normalized spacial score (nSPS) is 13.1. The van der Waals surface area contributed by atoms with E-state index in [0.29, 0.717) is 5.75 Å². The van der Waals surface area contributed by atoms with E-state index in [-0.39, 0.29) is 12.5 Å². The van der Waals surface area contributed by atoms with Crippen LogP contribution < -0.4 is 15.4 Å². The van der Waals surface area contributed by atoms with Gasteiger partial charge in [-0.3, -0.25) is 4.79 Å². The molecule has 21 heavy (non-hydrogen) atoms. The van der Waals surface area contributed by atoms with E-state index in [4.69, 9.17) is 4.74 Å². The fourth-order valence-electron chi connectivity index (χ4n) is 2.28. The van der Waals surface area contributed by atoms with Crippen LogP contribution >= 0.6 is 0 Å². The van der Waals surface area contributed by atoms with Crippen LogP contribution in [0.3, 0.4) is 0 Å². The van der Waals surface area contributed by atoms with E-state index in [2.05, 4.69) is 41.8 Å². The van der Waals surface area contributed by atoms with Gasteiger partial charge in [0.2, 0.25) is 0 Å². The lowest BCUT2D eigenvalue weighted by atomic mass is 10.1. The average Bonchev–Trinajstić information content (AvgIpc) is 2.53. The summed E-state index contributed by atoms with van der Waals surface area (Å²) in [7, 11) is 0. The number of carbonyl (C=O) groups is 1. The van der Waals surface area contributed by atoms with Crippen LogP contribution in [0.2, 0.25) is 0 Å². The van der Waals surface area contributed by atoms with Gasteiger partial charge in [-0.1, -0.05) is 31.2 Å². The molecule has 0 radical (unpaired) electrons. The molecule has 0 fully saturated rings. The Morgan fingerprint density at radius 3 is 2.67 bits per heavy atom. The quantitative estimate of drug-likeness (QED) is 0.905. The highest BCUT2D eigenvalue weighted by Crippen LogP contribution is 2.30. The Morgan fingerprint density at radius 1 is 1.14 bits per heavy atom. The van der Waals surface area contributed by atoms with Crippen LogP contribution in [0.25, 0.3) is 0 Å². The van der Waals surface area contributed by atoms with Crippen molar-refractivity contribution in [1.29, 1.82) is 0 Å². The average molecular weight is 282 g/mol. The Bertz CT molecular complexity index is 650. The molecule has 0 bridgehead atoms. The van der Waals surface area contributed by atoms with Crippen LogP contribution in [0, 0.1) is 0 Å². The third-order valence-electron chi connectivity index (χ3n) is 3.54. The number of nitrogens with one attached hydrogen (secondary N) is 2. The van der Waals surface area contributed by atoms with Gasteiger partial charge in [0.05, 0.1) is 5.69 Å². The summed E-state index contributed by atoms with van der Waals surface area (Å²) in [5, 5.41) is 6.15. The zero-order valence-electron chi connectivity index (χ0n) is 12.0. The molecule has 3 rings (SSSR count). The zero-order chi connectivity index (χ0) is 14.7. The van der Waals surface area contributed by atoms with Crippen molar-refractivity contribution in [2.24, 2.45) is 0 Å². The molecule has 0 atom stereocenters. The molecule has 1 heterocycles. The smallest absolute Gasteiger partial charge is 0.262 e. The Kier molecular flexibility index (Phi) is 3.77. The predicted molar refractivity (Wildman–Crippen MR) is 83.7 cm³/mol. The molecule has 1 aliphatic heterocycles. The van der Waals surface area contributed by atoms with Crippen molar-refractivity contribution in [2.45, 2.75) is 19.9 Å². The van der Waals surface area contributed by atoms with Crippen LogP contribution in [0.5, 0.6) is 5.75 Å². The number of hydrogen-bond donors (Lipinski definition) is 2. The van der Waals surface area contributed by atoms with Crippen LogP contribution in [-0.2, 0) is 17.8 Å². The summed E-state index contributed by atoms with van der Waals surface area (Å²) in [6.07, 6.45) is 1.06. The molecule has 0 spiro atoms. The van der Waals surface area contributed by atoms with E-state index in [1.54, 1.807) is 0 Å². The Hall–Kier alpha value is -2.49. The first kappa shape index (κ1) is 13.5. The summed E-state index contributed by atoms with van der Waals surface area (Å²) in [6.45, 7) is 2.99. The van der Waals surface area contributed by atoms with Crippen molar-refractivity contribution in [3.05, 3.63) is 53.6 Å². The van der Waals surface area contributed by atoms with Gasteiger partial charge in [0, 0.05) is 18.3 Å². The fourth-order valence-corrected chi connectivity index (χ4v) is 2.28. The van der Waals surface area contributed by atoms with E-state index in [1.165, 1.54) is 11.1 Å². The van der Waals surface area contributed by atoms with Gasteiger partial charge in [-0.2, -0.15) is 0 Å². The summed E-state index contributed by atoms with van der Waals surface area (Å²) in [4.78, 5) is 11.2. The van der Waals surface area contributed by atoms with Crippen LogP contribution in [0.1, 0.15) is 18.1 Å². The van der Waals surface area contributed by atoms with Gasteiger partial charge in [0.15, 0.2) is 6.61 Å². The Morgan fingerprint density at radius 2 is 1.90 bits per heavy atom. The van der Waals surface area contributed by atoms with Gasteiger partial charge in [0.1, 0.15) is 5.75 Å². The Labute approximate surface area is 124 Å². The lowest BCUT2D eigenvalue weighted by Gasteiger charge is -2.19. The monoisotopic (exact) mass is 282 g/mol. The van der Waals surface area contributed by atoms with Crippen molar-refractivity contribution >= 4 is 17.3 Å². The highest BCUT2D eigenvalue weighted by molar-refractivity contribution is 5.95. The number of benzene rings is 2. The van der Waals surface area contributed by atoms with Gasteiger partial charge in [-0.05, 0) is 29.7 Å². The highest BCUT2D eigenvalue weighted by atomic mass is 16.5. The summed E-state index contributed by atoms with van der Waals surface area (Å²) >= 11 is 0. The van der Waals surface area contributed by atoms with Crippen molar-refractivity contribution < 1.29 is 9.53 Å². The van der Waals surface area contributed by atoms with Crippen molar-refractivity contribution in [3.8, 4) is 5.75 Å². The molecule has 1 amide bonds. The van der Waals surface area contributed by atoms with Crippen LogP contribution in [0.4, 0.5) is 11.4 Å². The number of ether oxygens (including phenoxy) is 1. The lowest BCUT2D eigenvalue weighted by molar-refractivity contribution is -0.118. The minimum absolute atomic E-state index is 0.0783. The number of anilines is 2. The number of aryl methyl sites for hydroxylation is 1. The molecular weight excluding hydrogens is 264 g/mol. The maximum atomic E-state index is 11.2. The van der Waals surface area contributed by atoms with Gasteiger partial charge < -0.3 is 15.4 Å². The van der Waals surface area contributed by atoms with E-state index in [0.717, 1.165) is 24.3 Å². The van der Waals surface area contributed by atoms with Crippen LogP contribution in [0.15, 0.2) is 42.5 Å². The summed E-state index contributed by atoms with van der Waals surface area (Å²) in [6, 6.07) is 14.3. The maximum absolute atomic E-state index is 11.2.